The Kier molecular flexibility index (Phi) is 5.51. The van der Waals surface area contributed by atoms with Gasteiger partial charge in [0.2, 0.25) is 0 Å². The van der Waals surface area contributed by atoms with E-state index in [1.54, 1.807) is 37.3 Å². The monoisotopic (exact) mass is 316 g/mol. The number of aromatic nitrogens is 1. The van der Waals surface area contributed by atoms with Gasteiger partial charge in [0.15, 0.2) is 17.7 Å². The normalized spacial score (nSPS) is 11.8. The van der Waals surface area contributed by atoms with Crippen LogP contribution in [0.5, 0.6) is 5.75 Å². The van der Waals surface area contributed by atoms with E-state index in [9.17, 15) is 9.59 Å². The zero-order chi connectivity index (χ0) is 16.8. The number of ketones is 1. The molecule has 0 aliphatic rings. The van der Waals surface area contributed by atoms with Gasteiger partial charge in [-0.2, -0.15) is 0 Å². The molecule has 6 nitrogen and oxygen atoms in total. The molecular formula is C17H20N2O4. The topological polar surface area (TPSA) is 81.4 Å². The summed E-state index contributed by atoms with van der Waals surface area (Å²) in [6.45, 7) is 5.42. The van der Waals surface area contributed by atoms with Gasteiger partial charge in [0.05, 0.1) is 0 Å². The molecule has 0 radical (unpaired) electrons. The number of hydrogen-bond donors (Lipinski definition) is 1. The third kappa shape index (κ3) is 4.42. The highest BCUT2D eigenvalue weighted by molar-refractivity contribution is 5.96. The molecule has 1 heterocycles. The molecule has 0 aliphatic heterocycles. The molecule has 0 unspecified atom stereocenters. The van der Waals surface area contributed by atoms with Crippen LogP contribution in [0.4, 0.5) is 5.82 Å². The molecule has 0 spiro atoms. The van der Waals surface area contributed by atoms with Crippen molar-refractivity contribution in [1.82, 2.24) is 5.16 Å². The molecule has 0 saturated carbocycles. The van der Waals surface area contributed by atoms with Gasteiger partial charge in [0.1, 0.15) is 11.5 Å². The first-order valence-corrected chi connectivity index (χ1v) is 7.57. The number of rotatable bonds is 7. The van der Waals surface area contributed by atoms with Crippen molar-refractivity contribution in [2.24, 2.45) is 0 Å². The molecule has 1 atom stereocenters. The maximum absolute atomic E-state index is 12.2. The molecule has 0 saturated heterocycles. The van der Waals surface area contributed by atoms with Crippen molar-refractivity contribution in [3.05, 3.63) is 41.7 Å². The summed E-state index contributed by atoms with van der Waals surface area (Å²) in [6.07, 6.45) is 0.301. The Morgan fingerprint density at radius 3 is 2.48 bits per heavy atom. The van der Waals surface area contributed by atoms with Crippen molar-refractivity contribution < 1.29 is 18.8 Å². The zero-order valence-electron chi connectivity index (χ0n) is 13.5. The lowest BCUT2D eigenvalue weighted by Gasteiger charge is -2.16. The number of nitrogens with zero attached hydrogens (tertiary/aromatic N) is 1. The fourth-order valence-corrected chi connectivity index (χ4v) is 2.04. The minimum Gasteiger partial charge on any atom is -0.481 e. The number of carbonyl (C=O) groups is 2. The Hall–Kier alpha value is -2.63. The summed E-state index contributed by atoms with van der Waals surface area (Å²) in [4.78, 5) is 23.8. The standard InChI is InChI=1S/C17H20N2O4/c1-4-14(20)12-6-8-13(9-7-12)22-15(5-2)17(21)18-16-10-11(3)23-19-16/h6-10,15H,4-5H2,1-3H3,(H,18,19,21)/t15-/m0/s1. The maximum atomic E-state index is 12.2. The fraction of sp³-hybridized carbons (Fsp3) is 0.353. The lowest BCUT2D eigenvalue weighted by Crippen LogP contribution is -2.32. The summed E-state index contributed by atoms with van der Waals surface area (Å²) in [5.74, 6) is 1.29. The molecule has 23 heavy (non-hydrogen) atoms. The highest BCUT2D eigenvalue weighted by atomic mass is 16.5. The van der Waals surface area contributed by atoms with Crippen LogP contribution in [-0.4, -0.2) is 23.0 Å². The molecule has 1 N–H and O–H groups in total. The van der Waals surface area contributed by atoms with Crippen molar-refractivity contribution in [3.8, 4) is 5.75 Å². The summed E-state index contributed by atoms with van der Waals surface area (Å²) in [6, 6.07) is 8.42. The number of Topliss-reactive ketones (excluding diaryl/α,β-unsaturated/α-hetero) is 1. The van der Waals surface area contributed by atoms with Gasteiger partial charge in [-0.25, -0.2) is 0 Å². The predicted octanol–water partition coefficient (Wildman–Crippen LogP) is 3.37. The molecular weight excluding hydrogens is 296 g/mol. The molecule has 2 aromatic rings. The van der Waals surface area contributed by atoms with E-state index in [4.69, 9.17) is 9.26 Å². The summed E-state index contributed by atoms with van der Waals surface area (Å²) in [5.41, 5.74) is 0.635. The molecule has 122 valence electrons. The van der Waals surface area contributed by atoms with Gasteiger partial charge in [-0.15, -0.1) is 0 Å². The van der Waals surface area contributed by atoms with Crippen LogP contribution in [0.15, 0.2) is 34.9 Å². The van der Waals surface area contributed by atoms with Crippen LogP contribution in [-0.2, 0) is 4.79 Å². The van der Waals surface area contributed by atoms with Crippen LogP contribution in [0.1, 0.15) is 42.8 Å². The average Bonchev–Trinajstić information content (AvgIpc) is 2.97. The quantitative estimate of drug-likeness (QED) is 0.792. The first-order chi connectivity index (χ1) is 11.0. The SMILES string of the molecule is CCC(=O)c1ccc(O[C@@H](CC)C(=O)Nc2cc(C)on2)cc1. The summed E-state index contributed by atoms with van der Waals surface area (Å²) >= 11 is 0. The van der Waals surface area contributed by atoms with Gasteiger partial charge >= 0.3 is 0 Å². The number of amides is 1. The second-order valence-electron chi connectivity index (χ2n) is 5.13. The van der Waals surface area contributed by atoms with Crippen LogP contribution in [0.2, 0.25) is 0 Å². The van der Waals surface area contributed by atoms with Gasteiger partial charge in [-0.05, 0) is 37.6 Å². The lowest BCUT2D eigenvalue weighted by molar-refractivity contribution is -0.122. The number of benzene rings is 1. The molecule has 2 rings (SSSR count). The van der Waals surface area contributed by atoms with Crippen LogP contribution in [0.3, 0.4) is 0 Å². The third-order valence-corrected chi connectivity index (χ3v) is 3.32. The number of ether oxygens (including phenoxy) is 1. The minimum absolute atomic E-state index is 0.0720. The minimum atomic E-state index is -0.653. The molecule has 6 heteroatoms. The molecule has 1 amide bonds. The van der Waals surface area contributed by atoms with Gasteiger partial charge in [-0.3, -0.25) is 9.59 Å². The molecule has 0 fully saturated rings. The highest BCUT2D eigenvalue weighted by Gasteiger charge is 2.20. The number of nitrogens with one attached hydrogen (secondary N) is 1. The Balaban J connectivity index is 2.00. The van der Waals surface area contributed by atoms with Gasteiger partial charge in [0, 0.05) is 18.1 Å². The molecule has 1 aromatic carbocycles. The zero-order valence-corrected chi connectivity index (χ0v) is 13.5. The summed E-state index contributed by atoms with van der Waals surface area (Å²) in [5, 5.41) is 6.37. The van der Waals surface area contributed by atoms with Crippen LogP contribution < -0.4 is 10.1 Å². The van der Waals surface area contributed by atoms with Crippen molar-refractivity contribution in [3.63, 3.8) is 0 Å². The molecule has 0 bridgehead atoms. The Morgan fingerprint density at radius 1 is 1.26 bits per heavy atom. The first-order valence-electron chi connectivity index (χ1n) is 7.57. The van der Waals surface area contributed by atoms with Gasteiger partial charge in [-0.1, -0.05) is 19.0 Å². The number of anilines is 1. The van der Waals surface area contributed by atoms with E-state index in [0.717, 1.165) is 0 Å². The van der Waals surface area contributed by atoms with Crippen LogP contribution in [0.25, 0.3) is 0 Å². The van der Waals surface area contributed by atoms with E-state index in [0.29, 0.717) is 35.7 Å². The number of hydrogen-bond acceptors (Lipinski definition) is 5. The van der Waals surface area contributed by atoms with E-state index < -0.39 is 6.10 Å². The second kappa shape index (κ2) is 7.58. The fourth-order valence-electron chi connectivity index (χ4n) is 2.04. The molecule has 0 aliphatic carbocycles. The van der Waals surface area contributed by atoms with Gasteiger partial charge in [0.25, 0.3) is 5.91 Å². The first kappa shape index (κ1) is 16.7. The van der Waals surface area contributed by atoms with Crippen molar-refractivity contribution >= 4 is 17.5 Å². The third-order valence-electron chi connectivity index (χ3n) is 3.32. The van der Waals surface area contributed by atoms with E-state index in [1.165, 1.54) is 0 Å². The maximum Gasteiger partial charge on any atom is 0.266 e. The van der Waals surface area contributed by atoms with E-state index in [-0.39, 0.29) is 11.7 Å². The van der Waals surface area contributed by atoms with Crippen molar-refractivity contribution in [2.75, 3.05) is 5.32 Å². The van der Waals surface area contributed by atoms with Crippen LogP contribution >= 0.6 is 0 Å². The lowest BCUT2D eigenvalue weighted by atomic mass is 10.1. The Morgan fingerprint density at radius 2 is 1.96 bits per heavy atom. The van der Waals surface area contributed by atoms with Gasteiger partial charge < -0.3 is 14.6 Å². The van der Waals surface area contributed by atoms with E-state index in [2.05, 4.69) is 10.5 Å². The number of carbonyl (C=O) groups excluding carboxylic acids is 2. The smallest absolute Gasteiger partial charge is 0.266 e. The Labute approximate surface area is 134 Å². The summed E-state index contributed by atoms with van der Waals surface area (Å²) < 4.78 is 10.6. The largest absolute Gasteiger partial charge is 0.481 e. The van der Waals surface area contributed by atoms with Crippen molar-refractivity contribution in [1.29, 1.82) is 0 Å². The van der Waals surface area contributed by atoms with E-state index in [1.807, 2.05) is 13.8 Å². The number of aryl methyl sites for hydroxylation is 1. The average molecular weight is 316 g/mol. The molecule has 1 aromatic heterocycles. The predicted molar refractivity (Wildman–Crippen MR) is 85.6 cm³/mol. The highest BCUT2D eigenvalue weighted by Crippen LogP contribution is 2.17. The van der Waals surface area contributed by atoms with E-state index >= 15 is 0 Å². The Bertz CT molecular complexity index is 676. The summed E-state index contributed by atoms with van der Waals surface area (Å²) in [7, 11) is 0. The van der Waals surface area contributed by atoms with Crippen LogP contribution in [0, 0.1) is 6.92 Å². The second-order valence-corrected chi connectivity index (χ2v) is 5.13. The van der Waals surface area contributed by atoms with Crippen molar-refractivity contribution in [2.45, 2.75) is 39.7 Å².